The van der Waals surface area contributed by atoms with Gasteiger partial charge in [0.25, 0.3) is 5.56 Å². The van der Waals surface area contributed by atoms with Crippen LogP contribution in [-0.2, 0) is 0 Å². The van der Waals surface area contributed by atoms with Crippen LogP contribution < -0.4 is 11.3 Å². The fraction of sp³-hybridized carbons (Fsp3) is 0. The van der Waals surface area contributed by atoms with Crippen molar-refractivity contribution < 1.29 is 0 Å². The lowest BCUT2D eigenvalue weighted by molar-refractivity contribution is 0.985. The highest BCUT2D eigenvalue weighted by Gasteiger charge is 1.98. The van der Waals surface area contributed by atoms with E-state index in [1.54, 1.807) is 22.1 Å². The quantitative estimate of drug-likeness (QED) is 0.731. The van der Waals surface area contributed by atoms with Crippen molar-refractivity contribution in [1.82, 2.24) is 9.55 Å². The molecule has 0 aliphatic heterocycles. The predicted octanol–water partition coefficient (Wildman–Crippen LogP) is 0.876. The normalized spacial score (nSPS) is 10.2. The zero-order valence-corrected chi connectivity index (χ0v) is 7.49. The maximum Gasteiger partial charge on any atom is 0.295 e. The number of hydrogen-bond acceptors (Lipinski definition) is 4. The van der Waals surface area contributed by atoms with Gasteiger partial charge in [0, 0.05) is 6.20 Å². The first-order chi connectivity index (χ1) is 6.27. The van der Waals surface area contributed by atoms with Gasteiger partial charge in [-0.2, -0.15) is 4.98 Å². The molecule has 0 bridgehead atoms. The molecule has 0 saturated heterocycles. The Labute approximate surface area is 78.3 Å². The second kappa shape index (κ2) is 3.02. The second-order valence-electron chi connectivity index (χ2n) is 2.49. The molecule has 4 nitrogen and oxygen atoms in total. The van der Waals surface area contributed by atoms with Gasteiger partial charge in [-0.3, -0.25) is 9.36 Å². The third-order valence-corrected chi connectivity index (χ3v) is 2.47. The summed E-state index contributed by atoms with van der Waals surface area (Å²) in [5.74, 6) is 0. The number of nitrogens with zero attached hydrogens (tertiary/aromatic N) is 2. The minimum atomic E-state index is -0.382. The molecule has 0 unspecified atom stereocenters. The van der Waals surface area contributed by atoms with Gasteiger partial charge in [0.05, 0.1) is 0 Å². The molecule has 2 N–H and O–H groups in total. The molecule has 2 rings (SSSR count). The maximum atomic E-state index is 10.9. The van der Waals surface area contributed by atoms with Crippen LogP contribution >= 0.6 is 11.3 Å². The Kier molecular flexibility index (Phi) is 1.86. The van der Waals surface area contributed by atoms with E-state index in [1.807, 2.05) is 17.5 Å². The number of nitrogen functional groups attached to an aromatic ring is 1. The van der Waals surface area contributed by atoms with E-state index in [9.17, 15) is 4.79 Å². The monoisotopic (exact) mass is 193 g/mol. The fourth-order valence-corrected chi connectivity index (χ4v) is 1.64. The highest BCUT2D eigenvalue weighted by atomic mass is 32.1. The van der Waals surface area contributed by atoms with E-state index in [0.29, 0.717) is 0 Å². The van der Waals surface area contributed by atoms with Crippen LogP contribution in [0.3, 0.4) is 0 Å². The van der Waals surface area contributed by atoms with Crippen LogP contribution in [-0.4, -0.2) is 9.55 Å². The second-order valence-corrected chi connectivity index (χ2v) is 3.42. The molecule has 66 valence electrons. The van der Waals surface area contributed by atoms with Gasteiger partial charge >= 0.3 is 0 Å². The Bertz CT molecular complexity index is 460. The highest BCUT2D eigenvalue weighted by molar-refractivity contribution is 7.12. The van der Waals surface area contributed by atoms with Crippen LogP contribution in [0.4, 0.5) is 5.69 Å². The molecule has 0 aliphatic carbocycles. The van der Waals surface area contributed by atoms with Gasteiger partial charge in [0.2, 0.25) is 0 Å². The Balaban J connectivity index is 2.55. The molecular weight excluding hydrogens is 186 g/mol. The van der Waals surface area contributed by atoms with E-state index < -0.39 is 0 Å². The summed E-state index contributed by atoms with van der Waals surface area (Å²) in [6, 6.07) is 3.85. The summed E-state index contributed by atoms with van der Waals surface area (Å²) in [5.41, 5.74) is 5.22. The first kappa shape index (κ1) is 8.00. The van der Waals surface area contributed by atoms with E-state index >= 15 is 0 Å². The van der Waals surface area contributed by atoms with Crippen molar-refractivity contribution in [2.45, 2.75) is 0 Å². The largest absolute Gasteiger partial charge is 0.393 e. The molecule has 13 heavy (non-hydrogen) atoms. The molecule has 2 heterocycles. The number of aromatic nitrogens is 2. The molecule has 0 saturated carbocycles. The van der Waals surface area contributed by atoms with E-state index in [-0.39, 0.29) is 11.2 Å². The Morgan fingerprint density at radius 2 is 2.38 bits per heavy atom. The first-order valence-corrected chi connectivity index (χ1v) is 4.53. The fourth-order valence-electron chi connectivity index (χ4n) is 0.965. The number of nitrogens with two attached hydrogens (primary N) is 1. The average Bonchev–Trinajstić information content (AvgIpc) is 2.62. The van der Waals surface area contributed by atoms with Gasteiger partial charge in [0.1, 0.15) is 17.0 Å². The summed E-state index contributed by atoms with van der Waals surface area (Å²) in [4.78, 5) is 14.5. The average molecular weight is 193 g/mol. The van der Waals surface area contributed by atoms with E-state index in [4.69, 9.17) is 5.73 Å². The molecule has 2 aromatic rings. The Morgan fingerprint density at radius 3 is 3.00 bits per heavy atom. The summed E-state index contributed by atoms with van der Waals surface area (Å²) < 4.78 is 1.72. The molecule has 0 fully saturated rings. The summed E-state index contributed by atoms with van der Waals surface area (Å²) in [7, 11) is 0. The zero-order chi connectivity index (χ0) is 9.26. The lowest BCUT2D eigenvalue weighted by atomic mass is 10.5. The molecule has 0 radical (unpaired) electrons. The third-order valence-electron chi connectivity index (χ3n) is 1.59. The number of rotatable bonds is 1. The smallest absolute Gasteiger partial charge is 0.295 e. The molecule has 0 aromatic carbocycles. The van der Waals surface area contributed by atoms with Crippen LogP contribution in [0.25, 0.3) is 5.00 Å². The summed E-state index contributed by atoms with van der Waals surface area (Å²) in [6.45, 7) is 0. The molecule has 5 heteroatoms. The van der Waals surface area contributed by atoms with Crippen LogP contribution in [0.2, 0.25) is 0 Å². The van der Waals surface area contributed by atoms with E-state index in [0.717, 1.165) is 5.00 Å². The lowest BCUT2D eigenvalue weighted by Gasteiger charge is -2.01. The van der Waals surface area contributed by atoms with Crippen molar-refractivity contribution in [2.24, 2.45) is 0 Å². The maximum absolute atomic E-state index is 10.9. The standard InChI is InChI=1S/C8H7N3OS/c9-6-4-11(5-10-8(6)12)7-2-1-3-13-7/h1-5H,9H2. The molecule has 0 aliphatic rings. The topological polar surface area (TPSA) is 60.9 Å². The van der Waals surface area contributed by atoms with Crippen molar-refractivity contribution in [2.75, 3.05) is 5.73 Å². The van der Waals surface area contributed by atoms with Gasteiger partial charge in [-0.15, -0.1) is 11.3 Å². The Hall–Kier alpha value is -1.62. The Morgan fingerprint density at radius 1 is 1.54 bits per heavy atom. The zero-order valence-electron chi connectivity index (χ0n) is 6.68. The lowest BCUT2D eigenvalue weighted by Crippen LogP contribution is -2.13. The van der Waals surface area contributed by atoms with Gasteiger partial charge in [-0.1, -0.05) is 0 Å². The van der Waals surface area contributed by atoms with Crippen molar-refractivity contribution in [3.05, 3.63) is 40.4 Å². The third kappa shape index (κ3) is 1.46. The van der Waals surface area contributed by atoms with Crippen LogP contribution in [0.1, 0.15) is 0 Å². The molecule has 2 aromatic heterocycles. The van der Waals surface area contributed by atoms with Gasteiger partial charge in [-0.05, 0) is 17.5 Å². The first-order valence-electron chi connectivity index (χ1n) is 3.65. The minimum absolute atomic E-state index is 0.163. The highest BCUT2D eigenvalue weighted by Crippen LogP contribution is 2.13. The number of anilines is 1. The number of hydrogen-bond donors (Lipinski definition) is 1. The van der Waals surface area contributed by atoms with Crippen molar-refractivity contribution in [1.29, 1.82) is 0 Å². The summed E-state index contributed by atoms with van der Waals surface area (Å²) >= 11 is 1.56. The van der Waals surface area contributed by atoms with E-state index in [1.165, 1.54) is 6.33 Å². The minimum Gasteiger partial charge on any atom is -0.393 e. The van der Waals surface area contributed by atoms with Crippen LogP contribution in [0, 0.1) is 0 Å². The van der Waals surface area contributed by atoms with E-state index in [2.05, 4.69) is 4.98 Å². The number of thiophene rings is 1. The molecular formula is C8H7N3OS. The van der Waals surface area contributed by atoms with Crippen LogP contribution in [0.5, 0.6) is 0 Å². The molecule has 0 spiro atoms. The van der Waals surface area contributed by atoms with Gasteiger partial charge in [0.15, 0.2) is 0 Å². The molecule has 0 amide bonds. The van der Waals surface area contributed by atoms with Gasteiger partial charge in [-0.25, -0.2) is 0 Å². The predicted molar refractivity (Wildman–Crippen MR) is 52.1 cm³/mol. The molecule has 0 atom stereocenters. The van der Waals surface area contributed by atoms with Crippen molar-refractivity contribution in [3.8, 4) is 5.00 Å². The van der Waals surface area contributed by atoms with Gasteiger partial charge < -0.3 is 5.73 Å². The van der Waals surface area contributed by atoms with Crippen molar-refractivity contribution in [3.63, 3.8) is 0 Å². The summed E-state index contributed by atoms with van der Waals surface area (Å²) in [5, 5.41) is 2.93. The van der Waals surface area contributed by atoms with Crippen LogP contribution in [0.15, 0.2) is 34.8 Å². The SMILES string of the molecule is Nc1cn(-c2cccs2)cnc1=O. The summed E-state index contributed by atoms with van der Waals surface area (Å²) in [6.07, 6.45) is 3.03. The van der Waals surface area contributed by atoms with Crippen molar-refractivity contribution >= 4 is 17.0 Å².